The van der Waals surface area contributed by atoms with Crippen LogP contribution in [-0.4, -0.2) is 15.3 Å². The highest BCUT2D eigenvalue weighted by Crippen LogP contribution is 2.05. The lowest BCUT2D eigenvalue weighted by Crippen LogP contribution is -2.21. The van der Waals surface area contributed by atoms with Gasteiger partial charge in [-0.25, -0.2) is 4.98 Å². The minimum atomic E-state index is 0.0701. The smallest absolute Gasteiger partial charge is 0.219 e. The second-order valence-corrected chi connectivity index (χ2v) is 3.39. The molecule has 0 aliphatic heterocycles. The van der Waals surface area contributed by atoms with Gasteiger partial charge in [-0.2, -0.15) is 0 Å². The van der Waals surface area contributed by atoms with E-state index in [1.54, 1.807) is 12.5 Å². The first-order chi connectivity index (χ1) is 7.29. The summed E-state index contributed by atoms with van der Waals surface area (Å²) in [6.45, 7) is 2.41. The van der Waals surface area contributed by atoms with Crippen LogP contribution < -0.4 is 5.32 Å². The van der Waals surface area contributed by atoms with Gasteiger partial charge < -0.3 is 9.72 Å². The van der Waals surface area contributed by atoms with Crippen molar-refractivity contribution in [2.75, 3.05) is 0 Å². The normalized spacial score (nSPS) is 10.5. The molecule has 78 valence electrons. The number of hydrogen-bond acceptors (Lipinski definition) is 2. The molecule has 0 aliphatic rings. The molecule has 0 atom stereocenters. The summed E-state index contributed by atoms with van der Waals surface area (Å²) in [5, 5.41) is 2.83. The van der Waals surface area contributed by atoms with Crippen LogP contribution in [0.5, 0.6) is 0 Å². The van der Waals surface area contributed by atoms with Crippen LogP contribution in [0, 0.1) is 0 Å². The van der Waals surface area contributed by atoms with Crippen LogP contribution in [0.1, 0.15) is 18.9 Å². The van der Waals surface area contributed by atoms with Crippen LogP contribution in [0.25, 0.3) is 5.52 Å². The molecule has 0 saturated carbocycles. The Morgan fingerprint density at radius 2 is 2.40 bits per heavy atom. The van der Waals surface area contributed by atoms with E-state index in [1.165, 1.54) is 0 Å². The number of amides is 1. The number of fused-ring (bicyclic) bond motifs is 1. The molecule has 0 unspecified atom stereocenters. The number of carbonyl (C=O) groups excluding carboxylic acids is 1. The summed E-state index contributed by atoms with van der Waals surface area (Å²) in [5.41, 5.74) is 2.13. The highest BCUT2D eigenvalue weighted by Gasteiger charge is 1.99. The first kappa shape index (κ1) is 9.71. The number of aromatic nitrogens is 2. The lowest BCUT2D eigenvalue weighted by Gasteiger charge is -2.04. The summed E-state index contributed by atoms with van der Waals surface area (Å²) >= 11 is 0. The maximum Gasteiger partial charge on any atom is 0.219 e. The van der Waals surface area contributed by atoms with E-state index in [4.69, 9.17) is 0 Å². The van der Waals surface area contributed by atoms with Gasteiger partial charge in [0, 0.05) is 19.2 Å². The lowest BCUT2D eigenvalue weighted by atomic mass is 10.2. The summed E-state index contributed by atoms with van der Waals surface area (Å²) in [5.74, 6) is 0.0701. The van der Waals surface area contributed by atoms with E-state index in [9.17, 15) is 4.79 Å². The highest BCUT2D eigenvalue weighted by molar-refractivity contribution is 5.75. The Kier molecular flexibility index (Phi) is 2.67. The monoisotopic (exact) mass is 203 g/mol. The van der Waals surface area contributed by atoms with Gasteiger partial charge in [0.25, 0.3) is 0 Å². The quantitative estimate of drug-likeness (QED) is 0.818. The van der Waals surface area contributed by atoms with E-state index in [2.05, 4.69) is 10.3 Å². The molecule has 2 aromatic heterocycles. The van der Waals surface area contributed by atoms with E-state index in [0.29, 0.717) is 13.0 Å². The average Bonchev–Trinajstić information content (AvgIpc) is 2.72. The molecular weight excluding hydrogens is 190 g/mol. The third kappa shape index (κ3) is 2.15. The van der Waals surface area contributed by atoms with Crippen molar-refractivity contribution in [2.24, 2.45) is 0 Å². The van der Waals surface area contributed by atoms with Gasteiger partial charge in [0.1, 0.15) is 0 Å². The number of rotatable bonds is 3. The minimum Gasteiger partial charge on any atom is -0.352 e. The van der Waals surface area contributed by atoms with E-state index in [-0.39, 0.29) is 5.91 Å². The predicted molar refractivity (Wildman–Crippen MR) is 57.3 cm³/mol. The van der Waals surface area contributed by atoms with Crippen molar-refractivity contribution in [3.8, 4) is 0 Å². The molecule has 4 heteroatoms. The van der Waals surface area contributed by atoms with Crippen LogP contribution in [0.4, 0.5) is 0 Å². The minimum absolute atomic E-state index is 0.0701. The van der Waals surface area contributed by atoms with Crippen molar-refractivity contribution < 1.29 is 4.79 Å². The fraction of sp³-hybridized carbons (Fsp3) is 0.273. The Labute approximate surface area is 87.9 Å². The second kappa shape index (κ2) is 4.13. The molecule has 0 aliphatic carbocycles. The molecule has 0 aromatic carbocycles. The van der Waals surface area contributed by atoms with Crippen LogP contribution in [0.15, 0.2) is 30.9 Å². The largest absolute Gasteiger partial charge is 0.352 e. The van der Waals surface area contributed by atoms with E-state index >= 15 is 0 Å². The second-order valence-electron chi connectivity index (χ2n) is 3.39. The SMILES string of the molecule is CCC(=O)NCc1ccc2cncn2c1. The molecule has 0 fully saturated rings. The number of pyridine rings is 1. The van der Waals surface area contributed by atoms with Crippen LogP contribution in [0.3, 0.4) is 0 Å². The summed E-state index contributed by atoms with van der Waals surface area (Å²) in [6, 6.07) is 3.98. The Balaban J connectivity index is 2.11. The van der Waals surface area contributed by atoms with Gasteiger partial charge in [0.2, 0.25) is 5.91 Å². The Morgan fingerprint density at radius 3 is 3.20 bits per heavy atom. The number of imidazole rings is 1. The maximum atomic E-state index is 11.1. The number of nitrogens with zero attached hydrogens (tertiary/aromatic N) is 2. The van der Waals surface area contributed by atoms with Crippen molar-refractivity contribution in [1.29, 1.82) is 0 Å². The molecule has 4 nitrogen and oxygen atoms in total. The van der Waals surface area contributed by atoms with E-state index < -0.39 is 0 Å². The summed E-state index contributed by atoms with van der Waals surface area (Å²) < 4.78 is 1.94. The van der Waals surface area contributed by atoms with E-state index in [0.717, 1.165) is 11.1 Å². The standard InChI is InChI=1S/C11H13N3O/c1-2-11(15)13-5-9-3-4-10-6-12-8-14(10)7-9/h3-4,6-8H,2,5H2,1H3,(H,13,15). The molecule has 2 aromatic rings. The van der Waals surface area contributed by atoms with Crippen LogP contribution >= 0.6 is 0 Å². The Bertz CT molecular complexity index is 475. The van der Waals surface area contributed by atoms with Gasteiger partial charge in [-0.05, 0) is 11.6 Å². The molecule has 0 radical (unpaired) electrons. The highest BCUT2D eigenvalue weighted by atomic mass is 16.1. The average molecular weight is 203 g/mol. The van der Waals surface area contributed by atoms with Crippen LogP contribution in [-0.2, 0) is 11.3 Å². The van der Waals surface area contributed by atoms with Crippen molar-refractivity contribution in [3.05, 3.63) is 36.4 Å². The molecule has 2 rings (SSSR count). The topological polar surface area (TPSA) is 46.4 Å². The molecule has 1 N–H and O–H groups in total. The van der Waals surface area contributed by atoms with Gasteiger partial charge in [-0.1, -0.05) is 13.0 Å². The fourth-order valence-electron chi connectivity index (χ4n) is 1.40. The van der Waals surface area contributed by atoms with Gasteiger partial charge in [-0.3, -0.25) is 4.79 Å². The molecule has 0 bridgehead atoms. The molecule has 1 amide bonds. The lowest BCUT2D eigenvalue weighted by molar-refractivity contribution is -0.120. The third-order valence-corrected chi connectivity index (χ3v) is 2.28. The number of nitrogens with one attached hydrogen (secondary N) is 1. The Hall–Kier alpha value is -1.84. The zero-order chi connectivity index (χ0) is 10.7. The molecule has 15 heavy (non-hydrogen) atoms. The van der Waals surface area contributed by atoms with Crippen molar-refractivity contribution in [3.63, 3.8) is 0 Å². The third-order valence-electron chi connectivity index (χ3n) is 2.28. The molecule has 2 heterocycles. The number of hydrogen-bond donors (Lipinski definition) is 1. The molecular formula is C11H13N3O. The van der Waals surface area contributed by atoms with Gasteiger partial charge in [-0.15, -0.1) is 0 Å². The van der Waals surface area contributed by atoms with E-state index in [1.807, 2.05) is 29.7 Å². The number of carbonyl (C=O) groups is 1. The fourth-order valence-corrected chi connectivity index (χ4v) is 1.40. The van der Waals surface area contributed by atoms with Crippen molar-refractivity contribution >= 4 is 11.4 Å². The predicted octanol–water partition coefficient (Wildman–Crippen LogP) is 1.36. The summed E-state index contributed by atoms with van der Waals surface area (Å²) in [6.07, 6.45) is 6.04. The van der Waals surface area contributed by atoms with Crippen LogP contribution in [0.2, 0.25) is 0 Å². The van der Waals surface area contributed by atoms with Gasteiger partial charge in [0.15, 0.2) is 0 Å². The Morgan fingerprint density at radius 1 is 1.53 bits per heavy atom. The first-order valence-electron chi connectivity index (χ1n) is 4.97. The maximum absolute atomic E-state index is 11.1. The zero-order valence-corrected chi connectivity index (χ0v) is 8.60. The van der Waals surface area contributed by atoms with Crippen molar-refractivity contribution in [1.82, 2.24) is 14.7 Å². The molecule has 0 spiro atoms. The zero-order valence-electron chi connectivity index (χ0n) is 8.60. The van der Waals surface area contributed by atoms with Gasteiger partial charge >= 0.3 is 0 Å². The molecule has 0 saturated heterocycles. The summed E-state index contributed by atoms with van der Waals surface area (Å²) in [7, 11) is 0. The van der Waals surface area contributed by atoms with Crippen molar-refractivity contribution in [2.45, 2.75) is 19.9 Å². The summed E-state index contributed by atoms with van der Waals surface area (Å²) in [4.78, 5) is 15.1. The first-order valence-corrected chi connectivity index (χ1v) is 4.97. The van der Waals surface area contributed by atoms with Gasteiger partial charge in [0.05, 0.1) is 18.0 Å².